The van der Waals surface area contributed by atoms with Gasteiger partial charge in [-0.2, -0.15) is 9.57 Å². The predicted molar refractivity (Wildman–Crippen MR) is 118 cm³/mol. The number of imidazole rings is 1. The number of hydrogen-bond acceptors (Lipinski definition) is 6. The fourth-order valence-electron chi connectivity index (χ4n) is 4.42. The van der Waals surface area contributed by atoms with Gasteiger partial charge in [-0.05, 0) is 35.9 Å². The summed E-state index contributed by atoms with van der Waals surface area (Å²) in [5.41, 5.74) is 1.85. The van der Waals surface area contributed by atoms with E-state index in [1.54, 1.807) is 18.2 Å². The number of fused-ring (bicyclic) bond motifs is 3. The highest BCUT2D eigenvalue weighted by molar-refractivity contribution is 7.89. The van der Waals surface area contributed by atoms with Crippen LogP contribution in [0.2, 0.25) is 0 Å². The van der Waals surface area contributed by atoms with E-state index in [4.69, 9.17) is 0 Å². The Kier molecular flexibility index (Phi) is 5.51. The van der Waals surface area contributed by atoms with Gasteiger partial charge in [0.1, 0.15) is 28.3 Å². The molecule has 0 radical (unpaired) electrons. The summed E-state index contributed by atoms with van der Waals surface area (Å²) >= 11 is 0. The molecule has 174 valence electrons. The van der Waals surface area contributed by atoms with Gasteiger partial charge in [0.25, 0.3) is 5.91 Å². The summed E-state index contributed by atoms with van der Waals surface area (Å²) in [5.74, 6) is -2.47. The Bertz CT molecular complexity index is 1480. The summed E-state index contributed by atoms with van der Waals surface area (Å²) in [6, 6.07) is 11.7. The third-order valence-corrected chi connectivity index (χ3v) is 8.04. The van der Waals surface area contributed by atoms with E-state index in [0.29, 0.717) is 41.6 Å². The Morgan fingerprint density at radius 2 is 1.82 bits per heavy atom. The minimum atomic E-state index is -4.19. The van der Waals surface area contributed by atoms with Crippen molar-refractivity contribution in [1.29, 1.82) is 5.26 Å². The largest absolute Gasteiger partial charge is 0.297 e. The van der Waals surface area contributed by atoms with E-state index < -0.39 is 32.5 Å². The van der Waals surface area contributed by atoms with E-state index in [1.165, 1.54) is 10.6 Å². The summed E-state index contributed by atoms with van der Waals surface area (Å²) in [5, 5.41) is 9.84. The molecule has 34 heavy (non-hydrogen) atoms. The van der Waals surface area contributed by atoms with Crippen molar-refractivity contribution in [2.75, 3.05) is 32.7 Å². The first-order valence-corrected chi connectivity index (χ1v) is 12.0. The molecular formula is C23H19F2N5O3S. The first-order valence-electron chi connectivity index (χ1n) is 10.6. The van der Waals surface area contributed by atoms with Crippen molar-refractivity contribution in [3.05, 3.63) is 71.6 Å². The van der Waals surface area contributed by atoms with Crippen LogP contribution in [0, 0.1) is 23.0 Å². The Morgan fingerprint density at radius 1 is 1.09 bits per heavy atom. The Balaban J connectivity index is 1.33. The van der Waals surface area contributed by atoms with Crippen molar-refractivity contribution in [3.8, 4) is 6.07 Å². The lowest BCUT2D eigenvalue weighted by Gasteiger charge is -2.35. The van der Waals surface area contributed by atoms with E-state index in [1.807, 2.05) is 11.0 Å². The van der Waals surface area contributed by atoms with Crippen LogP contribution in [0.25, 0.3) is 11.0 Å². The Hall–Kier alpha value is -3.46. The average Bonchev–Trinajstić information content (AvgIpc) is 3.21. The van der Waals surface area contributed by atoms with Crippen molar-refractivity contribution in [2.45, 2.75) is 10.8 Å². The first-order chi connectivity index (χ1) is 16.3. The summed E-state index contributed by atoms with van der Waals surface area (Å²) < 4.78 is 55.8. The van der Waals surface area contributed by atoms with Crippen LogP contribution in [0.4, 0.5) is 8.78 Å². The molecule has 0 spiro atoms. The van der Waals surface area contributed by atoms with Crippen molar-refractivity contribution < 1.29 is 22.0 Å². The van der Waals surface area contributed by atoms with Crippen LogP contribution in [0.15, 0.2) is 59.0 Å². The quantitative estimate of drug-likeness (QED) is 0.566. The van der Waals surface area contributed by atoms with Gasteiger partial charge < -0.3 is 0 Å². The van der Waals surface area contributed by atoms with Gasteiger partial charge in [0.15, 0.2) is 0 Å². The molecular weight excluding hydrogens is 464 g/mol. The molecule has 1 atom stereocenters. The molecule has 2 aliphatic rings. The van der Waals surface area contributed by atoms with Crippen LogP contribution in [-0.4, -0.2) is 65.8 Å². The maximum atomic E-state index is 14.1. The topological polar surface area (TPSA) is 99.3 Å². The second-order valence-electron chi connectivity index (χ2n) is 8.17. The highest BCUT2D eigenvalue weighted by atomic mass is 32.2. The number of benzene rings is 2. The van der Waals surface area contributed by atoms with Gasteiger partial charge >= 0.3 is 0 Å². The number of allylic oxidation sites excluding steroid dienone is 1. The average molecular weight is 484 g/mol. The number of hydrogen-bond donors (Lipinski definition) is 0. The number of nitrogens with zero attached hydrogens (tertiary/aromatic N) is 5. The van der Waals surface area contributed by atoms with Crippen LogP contribution < -0.4 is 0 Å². The summed E-state index contributed by atoms with van der Waals surface area (Å²) in [6.45, 7) is 1.02. The molecule has 0 saturated carbocycles. The molecule has 0 amide bonds. The van der Waals surface area contributed by atoms with Crippen LogP contribution in [0.5, 0.6) is 0 Å². The summed E-state index contributed by atoms with van der Waals surface area (Å²) in [4.78, 5) is 18.6. The van der Waals surface area contributed by atoms with E-state index in [0.717, 1.165) is 16.4 Å². The number of carbonyl (C=O) groups excluding carboxylic acids is 1. The molecule has 3 heterocycles. The van der Waals surface area contributed by atoms with E-state index in [2.05, 4.69) is 11.1 Å². The first kappa shape index (κ1) is 22.3. The third-order valence-electron chi connectivity index (χ3n) is 6.12. The zero-order chi connectivity index (χ0) is 24.0. The lowest BCUT2D eigenvalue weighted by molar-refractivity contribution is 0.0962. The van der Waals surface area contributed by atoms with E-state index >= 15 is 0 Å². The molecule has 1 aromatic heterocycles. The van der Waals surface area contributed by atoms with Gasteiger partial charge in [-0.3, -0.25) is 14.3 Å². The molecule has 1 unspecified atom stereocenters. The molecule has 0 aliphatic carbocycles. The molecule has 3 aromatic rings. The second-order valence-corrected chi connectivity index (χ2v) is 10.1. The van der Waals surface area contributed by atoms with Gasteiger partial charge in [0.05, 0.1) is 17.1 Å². The SMILES string of the molecule is N#CC1C(CN2CCN(S(=O)(=O)c3cc(F)ccc3F)CC2)=CC(=O)n2c1nc1ccccc12. The highest BCUT2D eigenvalue weighted by Gasteiger charge is 2.34. The smallest absolute Gasteiger partial charge is 0.256 e. The van der Waals surface area contributed by atoms with Crippen molar-refractivity contribution in [2.24, 2.45) is 0 Å². The monoisotopic (exact) mass is 483 g/mol. The van der Waals surface area contributed by atoms with Crippen LogP contribution in [0.1, 0.15) is 16.5 Å². The molecule has 5 rings (SSSR count). The van der Waals surface area contributed by atoms with Gasteiger partial charge in [-0.15, -0.1) is 0 Å². The molecule has 0 N–H and O–H groups in total. The number of piperazine rings is 1. The Morgan fingerprint density at radius 3 is 2.56 bits per heavy atom. The minimum absolute atomic E-state index is 0.0647. The molecule has 0 bridgehead atoms. The van der Waals surface area contributed by atoms with Crippen molar-refractivity contribution in [3.63, 3.8) is 0 Å². The second kappa shape index (κ2) is 8.39. The standard InChI is InChI=1S/C23H19F2N5O3S/c24-16-5-6-18(25)21(12-16)34(32,33)29-9-7-28(8-10-29)14-15-11-22(31)30-20-4-2-1-3-19(20)27-23(30)17(15)13-26/h1-6,11-12,17H,7-10,14H2. The van der Waals surface area contributed by atoms with Crippen molar-refractivity contribution in [1.82, 2.24) is 18.8 Å². The van der Waals surface area contributed by atoms with Gasteiger partial charge in [-0.1, -0.05) is 12.1 Å². The number of rotatable bonds is 4. The summed E-state index contributed by atoms with van der Waals surface area (Å²) in [6.07, 6.45) is 1.44. The van der Waals surface area contributed by atoms with Gasteiger partial charge in [-0.25, -0.2) is 22.2 Å². The number of aromatic nitrogens is 2. The van der Waals surface area contributed by atoms with Crippen LogP contribution in [0.3, 0.4) is 0 Å². The zero-order valence-electron chi connectivity index (χ0n) is 17.9. The van der Waals surface area contributed by atoms with Crippen molar-refractivity contribution >= 4 is 27.0 Å². The number of carbonyl (C=O) groups is 1. The van der Waals surface area contributed by atoms with E-state index in [9.17, 15) is 27.3 Å². The molecule has 1 fully saturated rings. The van der Waals surface area contributed by atoms with Crippen LogP contribution in [-0.2, 0) is 10.0 Å². The minimum Gasteiger partial charge on any atom is -0.297 e. The van der Waals surface area contributed by atoms with Crippen LogP contribution >= 0.6 is 0 Å². The fraction of sp³-hybridized carbons (Fsp3) is 0.261. The number of halogens is 2. The number of para-hydroxylation sites is 2. The lowest BCUT2D eigenvalue weighted by atomic mass is 9.95. The highest BCUT2D eigenvalue weighted by Crippen LogP contribution is 2.32. The lowest BCUT2D eigenvalue weighted by Crippen LogP contribution is -2.49. The zero-order valence-corrected chi connectivity index (χ0v) is 18.7. The predicted octanol–water partition coefficient (Wildman–Crippen LogP) is 2.51. The fourth-order valence-corrected chi connectivity index (χ4v) is 5.92. The third kappa shape index (κ3) is 3.69. The number of nitriles is 1. The van der Waals surface area contributed by atoms with E-state index in [-0.39, 0.29) is 25.5 Å². The maximum Gasteiger partial charge on any atom is 0.256 e. The number of sulfonamides is 1. The molecule has 2 aliphatic heterocycles. The molecule has 1 saturated heterocycles. The maximum absolute atomic E-state index is 14.1. The molecule has 8 nitrogen and oxygen atoms in total. The van der Waals surface area contributed by atoms with Gasteiger partial charge in [0, 0.05) is 38.8 Å². The Labute approximate surface area is 194 Å². The molecule has 2 aromatic carbocycles. The molecule has 11 heteroatoms. The van der Waals surface area contributed by atoms with Gasteiger partial charge in [0.2, 0.25) is 10.0 Å². The normalized spacial score (nSPS) is 19.6. The summed E-state index contributed by atoms with van der Waals surface area (Å²) in [7, 11) is -4.19.